The minimum Gasteiger partial charge on any atom is -0.495 e. The van der Waals surface area contributed by atoms with Crippen LogP contribution in [0.25, 0.3) is 10.9 Å². The molecule has 4 nitrogen and oxygen atoms in total. The molecule has 0 spiro atoms. The molecular formula is C12H14N2O2. The Kier molecular flexibility index (Phi) is 2.66. The van der Waals surface area contributed by atoms with E-state index in [4.69, 9.17) is 10.5 Å². The van der Waals surface area contributed by atoms with E-state index in [0.717, 1.165) is 22.3 Å². The second-order valence-corrected chi connectivity index (χ2v) is 3.64. The Hall–Kier alpha value is -1.81. The van der Waals surface area contributed by atoms with Crippen LogP contribution in [-0.2, 0) is 0 Å². The molecule has 0 aliphatic carbocycles. The lowest BCUT2D eigenvalue weighted by Gasteiger charge is -2.01. The molecule has 2 rings (SSSR count). The van der Waals surface area contributed by atoms with Crippen LogP contribution >= 0.6 is 0 Å². The number of nitrogens with two attached hydrogens (primary N) is 1. The number of aryl methyl sites for hydroxylation is 1. The molecule has 4 heteroatoms. The summed E-state index contributed by atoms with van der Waals surface area (Å²) in [5.74, 6) is 0.675. The quantitative estimate of drug-likeness (QED) is 0.769. The number of aromatic nitrogens is 1. The van der Waals surface area contributed by atoms with E-state index in [1.54, 1.807) is 7.11 Å². The van der Waals surface area contributed by atoms with Crippen LogP contribution in [0, 0.1) is 6.92 Å². The molecule has 0 aliphatic rings. The molecule has 0 radical (unpaired) electrons. The zero-order valence-corrected chi connectivity index (χ0v) is 9.33. The summed E-state index contributed by atoms with van der Waals surface area (Å²) >= 11 is 0. The van der Waals surface area contributed by atoms with Crippen LogP contribution in [-0.4, -0.2) is 24.4 Å². The first-order chi connectivity index (χ1) is 7.69. The molecule has 0 saturated heterocycles. The maximum Gasteiger partial charge on any atom is 0.178 e. The molecule has 0 aliphatic heterocycles. The molecule has 16 heavy (non-hydrogen) atoms. The summed E-state index contributed by atoms with van der Waals surface area (Å²) < 4.78 is 5.24. The summed E-state index contributed by atoms with van der Waals surface area (Å²) in [5, 5.41) is 0.868. The molecule has 2 aromatic rings. The average molecular weight is 218 g/mol. The minimum atomic E-state index is -0.0583. The van der Waals surface area contributed by atoms with E-state index in [2.05, 4.69) is 4.98 Å². The van der Waals surface area contributed by atoms with Gasteiger partial charge in [-0.25, -0.2) is 0 Å². The Bertz CT molecular complexity index is 543. The molecule has 1 aromatic carbocycles. The number of fused-ring (bicyclic) bond motifs is 1. The van der Waals surface area contributed by atoms with Crippen molar-refractivity contribution in [3.05, 3.63) is 29.5 Å². The number of nitrogens with one attached hydrogen (secondary N) is 1. The highest BCUT2D eigenvalue weighted by Gasteiger charge is 2.16. The summed E-state index contributed by atoms with van der Waals surface area (Å²) in [4.78, 5) is 14.9. The van der Waals surface area contributed by atoms with Crippen molar-refractivity contribution in [2.24, 2.45) is 5.73 Å². The highest BCUT2D eigenvalue weighted by molar-refractivity contribution is 6.11. The highest BCUT2D eigenvalue weighted by atomic mass is 16.5. The van der Waals surface area contributed by atoms with E-state index in [1.807, 2.05) is 25.1 Å². The van der Waals surface area contributed by atoms with Gasteiger partial charge in [0.25, 0.3) is 0 Å². The number of methoxy groups -OCH3 is 1. The van der Waals surface area contributed by atoms with Gasteiger partial charge in [0.05, 0.1) is 19.2 Å². The Morgan fingerprint density at radius 2 is 2.25 bits per heavy atom. The van der Waals surface area contributed by atoms with E-state index in [9.17, 15) is 4.79 Å². The summed E-state index contributed by atoms with van der Waals surface area (Å²) in [6, 6.07) is 5.61. The topological polar surface area (TPSA) is 68.1 Å². The molecule has 0 amide bonds. The third-order valence-electron chi connectivity index (χ3n) is 2.67. The minimum absolute atomic E-state index is 0.0189. The first kappa shape index (κ1) is 10.7. The summed E-state index contributed by atoms with van der Waals surface area (Å²) in [6.07, 6.45) is 0. The van der Waals surface area contributed by atoms with Crippen LogP contribution in [0.4, 0.5) is 0 Å². The van der Waals surface area contributed by atoms with Gasteiger partial charge in [-0.3, -0.25) is 4.79 Å². The highest BCUT2D eigenvalue weighted by Crippen LogP contribution is 2.29. The summed E-state index contributed by atoms with van der Waals surface area (Å²) in [5.41, 5.74) is 7.74. The number of H-pyrrole nitrogens is 1. The van der Waals surface area contributed by atoms with Crippen molar-refractivity contribution in [3.8, 4) is 5.75 Å². The zero-order chi connectivity index (χ0) is 11.7. The number of ether oxygens (including phenoxy) is 1. The Morgan fingerprint density at radius 3 is 2.88 bits per heavy atom. The third-order valence-corrected chi connectivity index (χ3v) is 2.67. The standard InChI is InChI=1S/C12H14N2O2/c1-7-11(9(15)6-13)8-4-3-5-10(16-2)12(8)14-7/h3-5,14H,6,13H2,1-2H3. The van der Waals surface area contributed by atoms with Gasteiger partial charge in [-0.15, -0.1) is 0 Å². The number of aromatic amines is 1. The van der Waals surface area contributed by atoms with Crippen LogP contribution in [0.2, 0.25) is 0 Å². The number of hydrogen-bond donors (Lipinski definition) is 2. The molecule has 0 saturated carbocycles. The number of Topliss-reactive ketones (excluding diaryl/α,β-unsaturated/α-hetero) is 1. The fourth-order valence-electron chi connectivity index (χ4n) is 1.95. The summed E-state index contributed by atoms with van der Waals surface area (Å²) in [6.45, 7) is 1.88. The Labute approximate surface area is 93.4 Å². The van der Waals surface area contributed by atoms with Crippen molar-refractivity contribution in [1.82, 2.24) is 4.98 Å². The fraction of sp³-hybridized carbons (Fsp3) is 0.250. The van der Waals surface area contributed by atoms with E-state index in [-0.39, 0.29) is 12.3 Å². The van der Waals surface area contributed by atoms with Gasteiger partial charge in [0, 0.05) is 16.6 Å². The van der Waals surface area contributed by atoms with Gasteiger partial charge in [0.2, 0.25) is 0 Å². The third kappa shape index (κ3) is 1.47. The number of carbonyl (C=O) groups excluding carboxylic acids is 1. The lowest BCUT2D eigenvalue weighted by molar-refractivity contribution is 0.100. The van der Waals surface area contributed by atoms with Crippen LogP contribution < -0.4 is 10.5 Å². The average Bonchev–Trinajstić information content (AvgIpc) is 2.63. The second-order valence-electron chi connectivity index (χ2n) is 3.64. The van der Waals surface area contributed by atoms with Crippen molar-refractivity contribution >= 4 is 16.7 Å². The molecule has 0 bridgehead atoms. The normalized spacial score (nSPS) is 10.7. The first-order valence-corrected chi connectivity index (χ1v) is 5.07. The lowest BCUT2D eigenvalue weighted by atomic mass is 10.1. The largest absolute Gasteiger partial charge is 0.495 e. The Morgan fingerprint density at radius 1 is 1.50 bits per heavy atom. The van der Waals surface area contributed by atoms with Gasteiger partial charge in [-0.1, -0.05) is 12.1 Å². The number of para-hydroxylation sites is 1. The lowest BCUT2D eigenvalue weighted by Crippen LogP contribution is -2.14. The van der Waals surface area contributed by atoms with Gasteiger partial charge in [-0.2, -0.15) is 0 Å². The van der Waals surface area contributed by atoms with Gasteiger partial charge < -0.3 is 15.5 Å². The van der Waals surface area contributed by atoms with Crippen LogP contribution in [0.5, 0.6) is 5.75 Å². The number of ketones is 1. The van der Waals surface area contributed by atoms with E-state index >= 15 is 0 Å². The van der Waals surface area contributed by atoms with E-state index in [0.29, 0.717) is 5.56 Å². The maximum absolute atomic E-state index is 11.7. The molecule has 1 aromatic heterocycles. The van der Waals surface area contributed by atoms with Crippen LogP contribution in [0.3, 0.4) is 0 Å². The molecule has 0 atom stereocenters. The number of benzene rings is 1. The van der Waals surface area contributed by atoms with Crippen LogP contribution in [0.15, 0.2) is 18.2 Å². The van der Waals surface area contributed by atoms with E-state index in [1.165, 1.54) is 0 Å². The first-order valence-electron chi connectivity index (χ1n) is 5.07. The number of carbonyl (C=O) groups is 1. The van der Waals surface area contributed by atoms with Crippen LogP contribution in [0.1, 0.15) is 16.1 Å². The number of hydrogen-bond acceptors (Lipinski definition) is 3. The second kappa shape index (κ2) is 3.98. The molecule has 0 unspecified atom stereocenters. The molecule has 84 valence electrons. The Balaban J connectivity index is 2.76. The van der Waals surface area contributed by atoms with Crippen molar-refractivity contribution in [3.63, 3.8) is 0 Å². The smallest absolute Gasteiger partial charge is 0.178 e. The van der Waals surface area contributed by atoms with Crippen molar-refractivity contribution in [2.45, 2.75) is 6.92 Å². The van der Waals surface area contributed by atoms with E-state index < -0.39 is 0 Å². The fourth-order valence-corrected chi connectivity index (χ4v) is 1.95. The van der Waals surface area contributed by atoms with Gasteiger partial charge in [-0.05, 0) is 13.0 Å². The molecule has 0 fully saturated rings. The SMILES string of the molecule is COc1cccc2c(C(=O)CN)c(C)[nH]c12. The summed E-state index contributed by atoms with van der Waals surface area (Å²) in [7, 11) is 1.61. The van der Waals surface area contributed by atoms with Gasteiger partial charge in [0.1, 0.15) is 5.75 Å². The van der Waals surface area contributed by atoms with Gasteiger partial charge >= 0.3 is 0 Å². The molecule has 3 N–H and O–H groups in total. The van der Waals surface area contributed by atoms with Crippen molar-refractivity contribution in [1.29, 1.82) is 0 Å². The van der Waals surface area contributed by atoms with Gasteiger partial charge in [0.15, 0.2) is 5.78 Å². The predicted molar refractivity (Wildman–Crippen MR) is 63.0 cm³/mol. The molecular weight excluding hydrogens is 204 g/mol. The van der Waals surface area contributed by atoms with Crippen molar-refractivity contribution < 1.29 is 9.53 Å². The monoisotopic (exact) mass is 218 g/mol. The maximum atomic E-state index is 11.7. The molecule has 1 heterocycles. The predicted octanol–water partition coefficient (Wildman–Crippen LogP) is 1.63. The zero-order valence-electron chi connectivity index (χ0n) is 9.33. The number of rotatable bonds is 3. The van der Waals surface area contributed by atoms with Crippen molar-refractivity contribution in [2.75, 3.05) is 13.7 Å².